The van der Waals surface area contributed by atoms with E-state index in [1.165, 1.54) is 30.3 Å². The maximum Gasteiger partial charge on any atom is 0.271 e. The number of sulfonamides is 2. The molecule has 0 spiro atoms. The Labute approximate surface area is 157 Å². The van der Waals surface area contributed by atoms with E-state index in [2.05, 4.69) is 14.4 Å². The molecule has 3 rings (SSSR count). The Hall–Kier alpha value is -1.91. The quantitative estimate of drug-likeness (QED) is 0.786. The Kier molecular flexibility index (Phi) is 5.64. The molecule has 0 saturated carbocycles. The second kappa shape index (κ2) is 7.77. The van der Waals surface area contributed by atoms with E-state index in [0.717, 1.165) is 30.6 Å². The van der Waals surface area contributed by atoms with Crippen molar-refractivity contribution in [1.29, 1.82) is 0 Å². The number of amidine groups is 1. The number of thiophene rings is 1. The second-order valence-corrected chi connectivity index (χ2v) is 10.3. The van der Waals surface area contributed by atoms with E-state index in [1.807, 2.05) is 0 Å². The first kappa shape index (κ1) is 18.9. The van der Waals surface area contributed by atoms with Gasteiger partial charge in [0, 0.05) is 13.0 Å². The van der Waals surface area contributed by atoms with Crippen LogP contribution in [0.25, 0.3) is 0 Å². The molecule has 0 unspecified atom stereocenters. The third-order valence-electron chi connectivity index (χ3n) is 3.78. The van der Waals surface area contributed by atoms with Crippen LogP contribution in [-0.2, 0) is 20.0 Å². The molecule has 0 bridgehead atoms. The molecule has 2 N–H and O–H groups in total. The lowest BCUT2D eigenvalue weighted by atomic mass is 10.2. The predicted molar refractivity (Wildman–Crippen MR) is 103 cm³/mol. The van der Waals surface area contributed by atoms with Crippen molar-refractivity contribution in [3.8, 4) is 0 Å². The molecule has 7 nitrogen and oxygen atoms in total. The number of anilines is 1. The normalized spacial score (nSPS) is 15.8. The summed E-state index contributed by atoms with van der Waals surface area (Å²) in [4.78, 5) is 4.25. The highest BCUT2D eigenvalue weighted by Crippen LogP contribution is 2.22. The Morgan fingerprint density at radius 2 is 1.77 bits per heavy atom. The standard InChI is InChI=1S/C16H19N3O4S3/c20-25(21,19-15-8-2-1-3-10-17-15)14-7-4-6-13(12-14)18-26(22,23)16-9-5-11-24-16/h4-7,9,11-12,18H,1-3,8,10H2,(H,17,19). The topological polar surface area (TPSA) is 105 Å². The lowest BCUT2D eigenvalue weighted by Gasteiger charge is -2.11. The highest BCUT2D eigenvalue weighted by molar-refractivity contribution is 7.94. The zero-order valence-electron chi connectivity index (χ0n) is 13.9. The zero-order chi connectivity index (χ0) is 18.6. The van der Waals surface area contributed by atoms with E-state index >= 15 is 0 Å². The highest BCUT2D eigenvalue weighted by Gasteiger charge is 2.20. The van der Waals surface area contributed by atoms with Crippen LogP contribution in [0.1, 0.15) is 25.7 Å². The van der Waals surface area contributed by atoms with Gasteiger partial charge in [-0.25, -0.2) is 16.8 Å². The monoisotopic (exact) mass is 413 g/mol. The minimum Gasteiger partial charge on any atom is -0.279 e. The number of hydrogen-bond donors (Lipinski definition) is 2. The molecule has 140 valence electrons. The second-order valence-electron chi connectivity index (χ2n) is 5.81. The summed E-state index contributed by atoms with van der Waals surface area (Å²) >= 11 is 1.09. The van der Waals surface area contributed by atoms with Gasteiger partial charge >= 0.3 is 0 Å². The van der Waals surface area contributed by atoms with E-state index < -0.39 is 20.0 Å². The number of benzene rings is 1. The molecule has 0 fully saturated rings. The van der Waals surface area contributed by atoms with E-state index in [0.29, 0.717) is 18.8 Å². The summed E-state index contributed by atoms with van der Waals surface area (Å²) in [5, 5.41) is 1.66. The molecule has 1 aromatic heterocycles. The van der Waals surface area contributed by atoms with Crippen molar-refractivity contribution >= 4 is 42.9 Å². The fourth-order valence-electron chi connectivity index (χ4n) is 2.52. The zero-order valence-corrected chi connectivity index (χ0v) is 16.3. The summed E-state index contributed by atoms with van der Waals surface area (Å²) in [5.41, 5.74) is 0.184. The minimum atomic E-state index is -3.82. The molecule has 10 heteroatoms. The molecule has 0 amide bonds. The van der Waals surface area contributed by atoms with Crippen LogP contribution >= 0.6 is 11.3 Å². The summed E-state index contributed by atoms with van der Waals surface area (Å²) in [6.07, 6.45) is 3.45. The fourth-order valence-corrected chi connectivity index (χ4v) is 5.70. The van der Waals surface area contributed by atoms with Crippen molar-refractivity contribution in [2.75, 3.05) is 11.3 Å². The SMILES string of the molecule is O=S(=O)(NC1=NCCCCC1)c1cccc(NS(=O)(=O)c2cccs2)c1. The van der Waals surface area contributed by atoms with Gasteiger partial charge in [-0.3, -0.25) is 14.4 Å². The van der Waals surface area contributed by atoms with Crippen molar-refractivity contribution < 1.29 is 16.8 Å². The molecule has 2 heterocycles. The number of aliphatic imine (C=N–C) groups is 1. The van der Waals surface area contributed by atoms with Gasteiger partial charge in [-0.2, -0.15) is 0 Å². The lowest BCUT2D eigenvalue weighted by Crippen LogP contribution is -2.30. The van der Waals surface area contributed by atoms with Crippen LogP contribution < -0.4 is 9.44 Å². The molecule has 1 aliphatic heterocycles. The Bertz CT molecular complexity index is 997. The van der Waals surface area contributed by atoms with Gasteiger partial charge in [-0.05, 0) is 42.5 Å². The van der Waals surface area contributed by atoms with E-state index in [1.54, 1.807) is 11.4 Å². The average molecular weight is 414 g/mol. The van der Waals surface area contributed by atoms with E-state index in [-0.39, 0.29) is 14.8 Å². The Morgan fingerprint density at radius 1 is 0.923 bits per heavy atom. The predicted octanol–water partition coefficient (Wildman–Crippen LogP) is 2.80. The lowest BCUT2D eigenvalue weighted by molar-refractivity contribution is 0.591. The molecule has 1 aliphatic rings. The van der Waals surface area contributed by atoms with E-state index in [9.17, 15) is 16.8 Å². The van der Waals surface area contributed by atoms with Crippen LogP contribution in [0.3, 0.4) is 0 Å². The van der Waals surface area contributed by atoms with Crippen molar-refractivity contribution in [3.05, 3.63) is 41.8 Å². The summed E-state index contributed by atoms with van der Waals surface area (Å²) in [5.74, 6) is 0.451. The molecular weight excluding hydrogens is 394 g/mol. The summed E-state index contributed by atoms with van der Waals surface area (Å²) in [6, 6.07) is 8.84. The number of nitrogens with zero attached hydrogens (tertiary/aromatic N) is 1. The first-order valence-electron chi connectivity index (χ1n) is 8.09. The fraction of sp³-hybridized carbons (Fsp3) is 0.312. The number of rotatable bonds is 5. The maximum absolute atomic E-state index is 12.6. The van der Waals surface area contributed by atoms with Gasteiger partial charge in [0.25, 0.3) is 20.0 Å². The first-order chi connectivity index (χ1) is 12.4. The summed E-state index contributed by atoms with van der Waals surface area (Å²) < 4.78 is 54.9. The third kappa shape index (κ3) is 4.63. The summed E-state index contributed by atoms with van der Waals surface area (Å²) in [6.45, 7) is 0.610. The van der Waals surface area contributed by atoms with Crippen LogP contribution in [0.2, 0.25) is 0 Å². The van der Waals surface area contributed by atoms with Gasteiger partial charge in [0.1, 0.15) is 10.0 Å². The Balaban J connectivity index is 1.81. The largest absolute Gasteiger partial charge is 0.279 e. The van der Waals surface area contributed by atoms with Crippen LogP contribution in [0.4, 0.5) is 5.69 Å². The van der Waals surface area contributed by atoms with Crippen LogP contribution in [0, 0.1) is 0 Å². The Morgan fingerprint density at radius 3 is 2.54 bits per heavy atom. The third-order valence-corrected chi connectivity index (χ3v) is 7.94. The van der Waals surface area contributed by atoms with Gasteiger partial charge in [0.2, 0.25) is 0 Å². The highest BCUT2D eigenvalue weighted by atomic mass is 32.2. The molecule has 2 aromatic rings. The molecule has 0 aliphatic carbocycles. The van der Waals surface area contributed by atoms with Crippen molar-refractivity contribution in [2.24, 2.45) is 4.99 Å². The van der Waals surface area contributed by atoms with Gasteiger partial charge in [-0.15, -0.1) is 11.3 Å². The van der Waals surface area contributed by atoms with Crippen LogP contribution in [-0.4, -0.2) is 29.2 Å². The number of nitrogens with one attached hydrogen (secondary N) is 2. The summed E-state index contributed by atoms with van der Waals surface area (Å²) in [7, 11) is -7.56. The molecular formula is C16H19N3O4S3. The average Bonchev–Trinajstić information content (AvgIpc) is 3.02. The van der Waals surface area contributed by atoms with Gasteiger partial charge in [0.15, 0.2) is 0 Å². The van der Waals surface area contributed by atoms with Crippen molar-refractivity contribution in [3.63, 3.8) is 0 Å². The van der Waals surface area contributed by atoms with Crippen LogP contribution in [0.15, 0.2) is 55.9 Å². The molecule has 0 saturated heterocycles. The smallest absolute Gasteiger partial charge is 0.271 e. The van der Waals surface area contributed by atoms with Crippen molar-refractivity contribution in [2.45, 2.75) is 34.8 Å². The van der Waals surface area contributed by atoms with Crippen molar-refractivity contribution in [1.82, 2.24) is 4.72 Å². The van der Waals surface area contributed by atoms with Gasteiger partial charge in [0.05, 0.1) is 10.6 Å². The van der Waals surface area contributed by atoms with E-state index in [4.69, 9.17) is 0 Å². The van der Waals surface area contributed by atoms with Crippen LogP contribution in [0.5, 0.6) is 0 Å². The van der Waals surface area contributed by atoms with Gasteiger partial charge < -0.3 is 0 Å². The molecule has 0 radical (unpaired) electrons. The first-order valence-corrected chi connectivity index (χ1v) is 11.9. The van der Waals surface area contributed by atoms with Gasteiger partial charge in [-0.1, -0.05) is 18.6 Å². The number of hydrogen-bond acceptors (Lipinski definition) is 6. The molecule has 1 aromatic carbocycles. The minimum absolute atomic E-state index is 0.0178. The molecule has 0 atom stereocenters. The molecule has 26 heavy (non-hydrogen) atoms. The maximum atomic E-state index is 12.6.